The lowest BCUT2D eigenvalue weighted by Gasteiger charge is -2.20. The third kappa shape index (κ3) is 4.98. The smallest absolute Gasteiger partial charge is 0.230 e. The topological polar surface area (TPSA) is 72.7 Å². The highest BCUT2D eigenvalue weighted by atomic mass is 32.2. The van der Waals surface area contributed by atoms with Gasteiger partial charge in [-0.15, -0.1) is 10.2 Å². The fourth-order valence-electron chi connectivity index (χ4n) is 2.95. The van der Waals surface area contributed by atoms with Gasteiger partial charge in [0.1, 0.15) is 0 Å². The van der Waals surface area contributed by atoms with E-state index >= 15 is 0 Å². The highest BCUT2D eigenvalue weighted by Crippen LogP contribution is 2.28. The molecule has 0 spiro atoms. The maximum atomic E-state index is 12.3. The second-order valence-corrected chi connectivity index (χ2v) is 8.75. The summed E-state index contributed by atoms with van der Waals surface area (Å²) in [6, 6.07) is 10.1. The lowest BCUT2D eigenvalue weighted by atomic mass is 10.1. The molecule has 0 saturated heterocycles. The highest BCUT2D eigenvalue weighted by molar-refractivity contribution is 7.99. The molecule has 28 heavy (non-hydrogen) atoms. The molecule has 0 bridgehead atoms. The zero-order valence-corrected chi connectivity index (χ0v) is 17.7. The number of carbonyl (C=O) groups is 1. The van der Waals surface area contributed by atoms with Crippen LogP contribution in [0, 0.1) is 13.8 Å². The van der Waals surface area contributed by atoms with Crippen LogP contribution in [-0.2, 0) is 4.79 Å². The normalized spacial score (nSPS) is 11.5. The van der Waals surface area contributed by atoms with E-state index in [9.17, 15) is 4.79 Å². The van der Waals surface area contributed by atoms with E-state index < -0.39 is 0 Å². The Bertz CT molecular complexity index is 956. The van der Waals surface area contributed by atoms with Crippen LogP contribution in [0.25, 0.3) is 17.1 Å². The predicted molar refractivity (Wildman–Crippen MR) is 113 cm³/mol. The van der Waals surface area contributed by atoms with Crippen molar-refractivity contribution in [3.8, 4) is 17.1 Å². The summed E-state index contributed by atoms with van der Waals surface area (Å²) in [6.45, 7) is 10.0. The van der Waals surface area contributed by atoms with Gasteiger partial charge in [0, 0.05) is 23.5 Å². The Morgan fingerprint density at radius 1 is 1.07 bits per heavy atom. The average Bonchev–Trinajstić information content (AvgIpc) is 3.02. The zero-order valence-electron chi connectivity index (χ0n) is 16.9. The van der Waals surface area contributed by atoms with Gasteiger partial charge >= 0.3 is 0 Å². The van der Waals surface area contributed by atoms with Crippen LogP contribution >= 0.6 is 11.8 Å². The molecule has 0 fully saturated rings. The summed E-state index contributed by atoms with van der Waals surface area (Å²) in [5.41, 5.74) is 3.96. The first-order valence-corrected chi connectivity index (χ1v) is 10.1. The van der Waals surface area contributed by atoms with E-state index in [0.29, 0.717) is 5.16 Å². The first-order valence-electron chi connectivity index (χ1n) is 9.11. The summed E-state index contributed by atoms with van der Waals surface area (Å²) in [6.07, 6.45) is 3.47. The fraction of sp³-hybridized carbons (Fsp3) is 0.333. The Morgan fingerprint density at radius 3 is 2.32 bits per heavy atom. The number of amides is 1. The second kappa shape index (κ2) is 8.14. The number of nitrogens with one attached hydrogen (secondary N) is 1. The molecule has 1 aromatic carbocycles. The first-order chi connectivity index (χ1) is 13.2. The Labute approximate surface area is 169 Å². The maximum Gasteiger partial charge on any atom is 0.230 e. The molecule has 7 heteroatoms. The van der Waals surface area contributed by atoms with Gasteiger partial charge < -0.3 is 5.32 Å². The third-order valence-electron chi connectivity index (χ3n) is 3.88. The van der Waals surface area contributed by atoms with Gasteiger partial charge in [-0.25, -0.2) is 0 Å². The number of carbonyl (C=O) groups excluding carboxylic acids is 1. The molecular weight excluding hydrogens is 370 g/mol. The van der Waals surface area contributed by atoms with E-state index in [4.69, 9.17) is 0 Å². The molecule has 0 aliphatic carbocycles. The minimum atomic E-state index is -0.263. The van der Waals surface area contributed by atoms with Gasteiger partial charge in [-0.1, -0.05) is 17.8 Å². The quantitative estimate of drug-likeness (QED) is 0.662. The van der Waals surface area contributed by atoms with E-state index in [1.165, 1.54) is 11.8 Å². The molecule has 0 radical (unpaired) electrons. The molecule has 0 aliphatic heterocycles. The Balaban J connectivity index is 1.99. The van der Waals surface area contributed by atoms with Gasteiger partial charge in [-0.2, -0.15) is 0 Å². The molecule has 1 amide bonds. The standard InChI is InChI=1S/C21H25N5OS/c1-14-10-15(2)12-17(11-14)26-19(16-6-8-22-9-7-16)24-25-20(26)28-13-18(27)23-21(3,4)5/h6-12H,13H2,1-5H3,(H,23,27). The second-order valence-electron chi connectivity index (χ2n) is 7.81. The number of pyridine rings is 1. The summed E-state index contributed by atoms with van der Waals surface area (Å²) in [5, 5.41) is 12.4. The van der Waals surface area contributed by atoms with Gasteiger partial charge in [0.05, 0.1) is 11.4 Å². The van der Waals surface area contributed by atoms with Crippen molar-refractivity contribution in [2.75, 3.05) is 5.75 Å². The van der Waals surface area contributed by atoms with Crippen molar-refractivity contribution in [1.29, 1.82) is 0 Å². The minimum absolute atomic E-state index is 0.0297. The number of benzene rings is 1. The van der Waals surface area contributed by atoms with E-state index in [1.807, 2.05) is 37.5 Å². The SMILES string of the molecule is Cc1cc(C)cc(-n2c(SCC(=O)NC(C)(C)C)nnc2-c2ccncc2)c1. The number of aryl methyl sites for hydroxylation is 2. The Morgan fingerprint density at radius 2 is 1.71 bits per heavy atom. The molecule has 2 heterocycles. The van der Waals surface area contributed by atoms with Gasteiger partial charge in [0.25, 0.3) is 0 Å². The number of thioether (sulfide) groups is 1. The van der Waals surface area contributed by atoms with Crippen molar-refractivity contribution in [3.05, 3.63) is 53.9 Å². The van der Waals surface area contributed by atoms with E-state index in [0.717, 1.165) is 28.2 Å². The summed E-state index contributed by atoms with van der Waals surface area (Å²) >= 11 is 1.38. The molecule has 3 rings (SSSR count). The van der Waals surface area contributed by atoms with E-state index in [1.54, 1.807) is 12.4 Å². The molecule has 146 valence electrons. The van der Waals surface area contributed by atoms with Crippen LogP contribution in [0.15, 0.2) is 47.9 Å². The monoisotopic (exact) mass is 395 g/mol. The highest BCUT2D eigenvalue weighted by Gasteiger charge is 2.19. The molecule has 0 unspecified atom stereocenters. The predicted octanol–water partition coefficient (Wildman–Crippen LogP) is 3.95. The van der Waals surface area contributed by atoms with E-state index in [2.05, 4.69) is 52.5 Å². The van der Waals surface area contributed by atoms with Crippen LogP contribution in [0.2, 0.25) is 0 Å². The lowest BCUT2D eigenvalue weighted by Crippen LogP contribution is -2.41. The first kappa shape index (κ1) is 20.1. The van der Waals surface area contributed by atoms with Crippen molar-refractivity contribution in [2.45, 2.75) is 45.3 Å². The van der Waals surface area contributed by atoms with Crippen molar-refractivity contribution in [1.82, 2.24) is 25.1 Å². The van der Waals surface area contributed by atoms with Crippen LogP contribution < -0.4 is 5.32 Å². The summed E-state index contributed by atoms with van der Waals surface area (Å²) in [4.78, 5) is 16.4. The van der Waals surface area contributed by atoms with Crippen molar-refractivity contribution < 1.29 is 4.79 Å². The maximum absolute atomic E-state index is 12.3. The molecule has 6 nitrogen and oxygen atoms in total. The molecule has 0 atom stereocenters. The zero-order chi connectivity index (χ0) is 20.3. The Hall–Kier alpha value is -2.67. The summed E-state index contributed by atoms with van der Waals surface area (Å²) in [5.74, 6) is 0.973. The van der Waals surface area contributed by atoms with Crippen LogP contribution in [0.3, 0.4) is 0 Å². The van der Waals surface area contributed by atoms with Crippen molar-refractivity contribution in [2.24, 2.45) is 0 Å². The largest absolute Gasteiger partial charge is 0.351 e. The van der Waals surface area contributed by atoms with Crippen LogP contribution in [0.5, 0.6) is 0 Å². The van der Waals surface area contributed by atoms with E-state index in [-0.39, 0.29) is 17.2 Å². The molecule has 3 aromatic rings. The molecule has 2 aromatic heterocycles. The van der Waals surface area contributed by atoms with Crippen LogP contribution in [0.4, 0.5) is 0 Å². The number of nitrogens with zero attached hydrogens (tertiary/aromatic N) is 4. The number of hydrogen-bond donors (Lipinski definition) is 1. The van der Waals surface area contributed by atoms with Gasteiger partial charge in [0.2, 0.25) is 5.91 Å². The van der Waals surface area contributed by atoms with Gasteiger partial charge in [-0.05, 0) is 70.0 Å². The summed E-state index contributed by atoms with van der Waals surface area (Å²) < 4.78 is 2.00. The lowest BCUT2D eigenvalue weighted by molar-refractivity contribution is -0.119. The average molecular weight is 396 g/mol. The van der Waals surface area contributed by atoms with Crippen LogP contribution in [0.1, 0.15) is 31.9 Å². The Kier molecular flexibility index (Phi) is 5.84. The third-order valence-corrected chi connectivity index (χ3v) is 4.81. The van der Waals surface area contributed by atoms with Crippen molar-refractivity contribution in [3.63, 3.8) is 0 Å². The number of rotatable bonds is 5. The number of aromatic nitrogens is 4. The van der Waals surface area contributed by atoms with Gasteiger partial charge in [0.15, 0.2) is 11.0 Å². The van der Waals surface area contributed by atoms with Crippen molar-refractivity contribution >= 4 is 17.7 Å². The van der Waals surface area contributed by atoms with Crippen LogP contribution in [-0.4, -0.2) is 36.9 Å². The molecule has 1 N–H and O–H groups in total. The molecular formula is C21H25N5OS. The number of hydrogen-bond acceptors (Lipinski definition) is 5. The minimum Gasteiger partial charge on any atom is -0.351 e. The summed E-state index contributed by atoms with van der Waals surface area (Å²) in [7, 11) is 0. The fourth-order valence-corrected chi connectivity index (χ4v) is 3.70. The van der Waals surface area contributed by atoms with Gasteiger partial charge in [-0.3, -0.25) is 14.3 Å². The molecule has 0 saturated carbocycles. The molecule has 0 aliphatic rings.